The molecule has 3 nitrogen and oxygen atoms in total. The van der Waals surface area contributed by atoms with Crippen molar-refractivity contribution in [3.8, 4) is 11.1 Å². The molecule has 2 N–H and O–H groups in total. The summed E-state index contributed by atoms with van der Waals surface area (Å²) in [5, 5.41) is 0. The Balaban J connectivity index is 2.62. The molecule has 0 radical (unpaired) electrons. The second-order valence-corrected chi connectivity index (χ2v) is 4.43. The predicted molar refractivity (Wildman–Crippen MR) is 63.8 cm³/mol. The smallest absolute Gasteiger partial charge is 0.261 e. The second-order valence-electron chi connectivity index (χ2n) is 2.91. The summed E-state index contributed by atoms with van der Waals surface area (Å²) in [6, 6.07) is 9.57. The van der Waals surface area contributed by atoms with Crippen molar-refractivity contribution in [2.24, 2.45) is 5.73 Å². The maximum absolute atomic E-state index is 11.2. The molecule has 0 spiro atoms. The standard InChI is InChI=1S/C10H7BrN2OS/c11-9-7(6-4-2-1-3-5-6)8(10(12)14)15-13-9/h1-5H,(H2,12,14). The summed E-state index contributed by atoms with van der Waals surface area (Å²) in [4.78, 5) is 11.7. The lowest BCUT2D eigenvalue weighted by Crippen LogP contribution is -2.09. The van der Waals surface area contributed by atoms with E-state index in [0.717, 1.165) is 22.7 Å². The van der Waals surface area contributed by atoms with Crippen molar-refractivity contribution in [1.29, 1.82) is 0 Å². The van der Waals surface area contributed by atoms with Crippen LogP contribution in [0, 0.1) is 0 Å². The highest BCUT2D eigenvalue weighted by atomic mass is 79.9. The van der Waals surface area contributed by atoms with Crippen molar-refractivity contribution < 1.29 is 4.79 Å². The summed E-state index contributed by atoms with van der Waals surface area (Å²) in [6.07, 6.45) is 0. The van der Waals surface area contributed by atoms with E-state index >= 15 is 0 Å². The van der Waals surface area contributed by atoms with Crippen LogP contribution < -0.4 is 5.73 Å². The zero-order valence-electron chi connectivity index (χ0n) is 7.61. The molecule has 0 saturated carbocycles. The van der Waals surface area contributed by atoms with Crippen LogP contribution in [0.1, 0.15) is 9.67 Å². The van der Waals surface area contributed by atoms with E-state index in [1.807, 2.05) is 30.3 Å². The van der Waals surface area contributed by atoms with Gasteiger partial charge in [0.1, 0.15) is 9.48 Å². The molecule has 76 valence electrons. The van der Waals surface area contributed by atoms with Crippen LogP contribution in [0.4, 0.5) is 0 Å². The monoisotopic (exact) mass is 282 g/mol. The van der Waals surface area contributed by atoms with Crippen LogP contribution in [0.5, 0.6) is 0 Å². The molecule has 0 fully saturated rings. The van der Waals surface area contributed by atoms with Crippen molar-refractivity contribution in [3.05, 3.63) is 39.8 Å². The number of primary amides is 1. The number of hydrogen-bond donors (Lipinski definition) is 1. The van der Waals surface area contributed by atoms with Crippen molar-refractivity contribution in [1.82, 2.24) is 4.37 Å². The first-order chi connectivity index (χ1) is 7.20. The molecule has 2 aromatic rings. The molecule has 0 unspecified atom stereocenters. The zero-order chi connectivity index (χ0) is 10.8. The van der Waals surface area contributed by atoms with E-state index < -0.39 is 5.91 Å². The van der Waals surface area contributed by atoms with Crippen LogP contribution in [0.15, 0.2) is 34.9 Å². The average molecular weight is 283 g/mol. The Hall–Kier alpha value is -1.20. The lowest BCUT2D eigenvalue weighted by Gasteiger charge is -2.00. The van der Waals surface area contributed by atoms with Gasteiger partial charge in [-0.15, -0.1) is 0 Å². The van der Waals surface area contributed by atoms with E-state index in [4.69, 9.17) is 5.73 Å². The van der Waals surface area contributed by atoms with Crippen LogP contribution in [0.2, 0.25) is 0 Å². The Morgan fingerprint density at radius 1 is 1.33 bits per heavy atom. The number of nitrogens with zero attached hydrogens (tertiary/aromatic N) is 1. The van der Waals surface area contributed by atoms with E-state index in [1.165, 1.54) is 0 Å². The molecule has 15 heavy (non-hydrogen) atoms. The van der Waals surface area contributed by atoms with Crippen molar-refractivity contribution in [3.63, 3.8) is 0 Å². The van der Waals surface area contributed by atoms with E-state index in [9.17, 15) is 4.79 Å². The van der Waals surface area contributed by atoms with Crippen LogP contribution in [-0.4, -0.2) is 10.3 Å². The Morgan fingerprint density at radius 2 is 2.00 bits per heavy atom. The van der Waals surface area contributed by atoms with Crippen molar-refractivity contribution in [2.45, 2.75) is 0 Å². The van der Waals surface area contributed by atoms with Crippen LogP contribution >= 0.6 is 27.5 Å². The van der Waals surface area contributed by atoms with Crippen LogP contribution in [0.3, 0.4) is 0 Å². The molecule has 0 saturated heterocycles. The molecule has 1 heterocycles. The SMILES string of the molecule is NC(=O)c1snc(Br)c1-c1ccccc1. The Labute approximate surface area is 99.2 Å². The normalized spacial score (nSPS) is 10.2. The minimum atomic E-state index is -0.447. The Kier molecular flexibility index (Phi) is 2.83. The largest absolute Gasteiger partial charge is 0.365 e. The third-order valence-corrected chi connectivity index (χ3v) is 3.61. The van der Waals surface area contributed by atoms with Crippen molar-refractivity contribution >= 4 is 33.4 Å². The van der Waals surface area contributed by atoms with Crippen molar-refractivity contribution in [2.75, 3.05) is 0 Å². The highest BCUT2D eigenvalue weighted by molar-refractivity contribution is 9.10. The summed E-state index contributed by atoms with van der Waals surface area (Å²) in [5.41, 5.74) is 6.98. The van der Waals surface area contributed by atoms with E-state index in [0.29, 0.717) is 9.48 Å². The fourth-order valence-electron chi connectivity index (χ4n) is 1.29. The first-order valence-corrected chi connectivity index (χ1v) is 5.77. The topological polar surface area (TPSA) is 56.0 Å². The molecule has 1 aromatic carbocycles. The average Bonchev–Trinajstić information content (AvgIpc) is 2.61. The number of benzene rings is 1. The number of rotatable bonds is 2. The van der Waals surface area contributed by atoms with Gasteiger partial charge in [-0.3, -0.25) is 4.79 Å². The maximum Gasteiger partial charge on any atom is 0.261 e. The van der Waals surface area contributed by atoms with Gasteiger partial charge in [0.05, 0.1) is 0 Å². The van der Waals surface area contributed by atoms with Gasteiger partial charge in [-0.2, -0.15) is 4.37 Å². The maximum atomic E-state index is 11.2. The molecule has 0 bridgehead atoms. The predicted octanol–water partition coefficient (Wildman–Crippen LogP) is 2.67. The lowest BCUT2D eigenvalue weighted by molar-refractivity contribution is 0.100. The first-order valence-electron chi connectivity index (χ1n) is 4.20. The van der Waals surface area contributed by atoms with Crippen LogP contribution in [-0.2, 0) is 0 Å². The lowest BCUT2D eigenvalue weighted by atomic mass is 10.1. The first kappa shape index (κ1) is 10.3. The van der Waals surface area contributed by atoms with Gasteiger partial charge in [0.15, 0.2) is 0 Å². The molecule has 0 aliphatic heterocycles. The molecule has 1 amide bonds. The van der Waals surface area contributed by atoms with Gasteiger partial charge in [-0.1, -0.05) is 30.3 Å². The Bertz CT molecular complexity index is 495. The summed E-state index contributed by atoms with van der Waals surface area (Å²) < 4.78 is 4.73. The number of nitrogens with two attached hydrogens (primary N) is 1. The van der Waals surface area contributed by atoms with Gasteiger partial charge in [0.25, 0.3) is 5.91 Å². The van der Waals surface area contributed by atoms with Gasteiger partial charge >= 0.3 is 0 Å². The fourth-order valence-corrected chi connectivity index (χ4v) is 2.73. The zero-order valence-corrected chi connectivity index (χ0v) is 10.0. The molecule has 0 atom stereocenters. The minimum Gasteiger partial charge on any atom is -0.365 e. The molecule has 5 heteroatoms. The molecule has 0 aliphatic carbocycles. The third kappa shape index (κ3) is 1.93. The summed E-state index contributed by atoms with van der Waals surface area (Å²) in [7, 11) is 0. The van der Waals surface area contributed by atoms with E-state index in [-0.39, 0.29) is 0 Å². The molecular weight excluding hydrogens is 276 g/mol. The van der Waals surface area contributed by atoms with Crippen LogP contribution in [0.25, 0.3) is 11.1 Å². The fraction of sp³-hybridized carbons (Fsp3) is 0. The van der Waals surface area contributed by atoms with Gasteiger partial charge < -0.3 is 5.73 Å². The van der Waals surface area contributed by atoms with E-state index in [2.05, 4.69) is 20.3 Å². The Morgan fingerprint density at radius 3 is 2.60 bits per heavy atom. The number of halogens is 1. The molecule has 0 aliphatic rings. The highest BCUT2D eigenvalue weighted by Gasteiger charge is 2.17. The summed E-state index contributed by atoms with van der Waals surface area (Å²) in [6.45, 7) is 0. The summed E-state index contributed by atoms with van der Waals surface area (Å²) in [5.74, 6) is -0.447. The van der Waals surface area contributed by atoms with Gasteiger partial charge in [-0.25, -0.2) is 0 Å². The second kappa shape index (κ2) is 4.12. The molecule has 1 aromatic heterocycles. The molecule has 2 rings (SSSR count). The molecular formula is C10H7BrN2OS. The third-order valence-electron chi connectivity index (χ3n) is 1.94. The minimum absolute atomic E-state index is 0.447. The number of hydrogen-bond acceptors (Lipinski definition) is 3. The van der Waals surface area contributed by atoms with Gasteiger partial charge in [0, 0.05) is 5.56 Å². The van der Waals surface area contributed by atoms with E-state index in [1.54, 1.807) is 0 Å². The number of amides is 1. The highest BCUT2D eigenvalue weighted by Crippen LogP contribution is 2.33. The van der Waals surface area contributed by atoms with Gasteiger partial charge in [-0.05, 0) is 33.0 Å². The number of aromatic nitrogens is 1. The quantitative estimate of drug-likeness (QED) is 0.921. The number of carbonyl (C=O) groups is 1. The summed E-state index contributed by atoms with van der Waals surface area (Å²) >= 11 is 4.42. The number of carbonyl (C=O) groups excluding carboxylic acids is 1. The van der Waals surface area contributed by atoms with Gasteiger partial charge in [0.2, 0.25) is 0 Å².